The number of carbonyl (C=O) groups is 1. The Morgan fingerprint density at radius 1 is 1.07 bits per heavy atom. The van der Waals surface area contributed by atoms with Gasteiger partial charge in [0, 0.05) is 43.6 Å². The van der Waals surface area contributed by atoms with Crippen molar-refractivity contribution in [3.63, 3.8) is 0 Å². The van der Waals surface area contributed by atoms with E-state index in [1.165, 1.54) is 5.56 Å². The molecule has 2 aliphatic heterocycles. The predicted molar refractivity (Wildman–Crippen MR) is 115 cm³/mol. The van der Waals surface area contributed by atoms with Crippen LogP contribution in [0.15, 0.2) is 36.7 Å². The van der Waals surface area contributed by atoms with Gasteiger partial charge < -0.3 is 4.90 Å². The molecular weight excluding hydrogens is 360 g/mol. The molecule has 2 aromatic heterocycles. The van der Waals surface area contributed by atoms with Gasteiger partial charge in [0.2, 0.25) is 0 Å². The molecule has 0 N–H and O–H groups in total. The van der Waals surface area contributed by atoms with Crippen LogP contribution in [-0.4, -0.2) is 51.9 Å². The number of amides is 1. The molecule has 0 bridgehead atoms. The van der Waals surface area contributed by atoms with E-state index in [4.69, 9.17) is 4.98 Å². The van der Waals surface area contributed by atoms with E-state index in [1.807, 2.05) is 42.4 Å². The second kappa shape index (κ2) is 9.04. The van der Waals surface area contributed by atoms with Crippen molar-refractivity contribution in [1.82, 2.24) is 19.8 Å². The molecule has 29 heavy (non-hydrogen) atoms. The number of rotatable bonds is 4. The lowest BCUT2D eigenvalue weighted by Crippen LogP contribution is -2.39. The third-order valence-corrected chi connectivity index (χ3v) is 6.47. The van der Waals surface area contributed by atoms with Gasteiger partial charge in [-0.05, 0) is 75.4 Å². The van der Waals surface area contributed by atoms with E-state index < -0.39 is 0 Å². The molecule has 2 fully saturated rings. The van der Waals surface area contributed by atoms with Gasteiger partial charge in [-0.25, -0.2) is 0 Å². The van der Waals surface area contributed by atoms with Gasteiger partial charge in [0.1, 0.15) is 0 Å². The first-order valence-corrected chi connectivity index (χ1v) is 11.0. The molecule has 2 aromatic rings. The van der Waals surface area contributed by atoms with E-state index in [9.17, 15) is 4.79 Å². The van der Waals surface area contributed by atoms with E-state index in [0.717, 1.165) is 81.3 Å². The summed E-state index contributed by atoms with van der Waals surface area (Å²) in [6, 6.07) is 8.14. The van der Waals surface area contributed by atoms with Crippen molar-refractivity contribution in [1.29, 1.82) is 0 Å². The zero-order chi connectivity index (χ0) is 20.2. The lowest BCUT2D eigenvalue weighted by atomic mass is 9.89. The first kappa shape index (κ1) is 20.0. The van der Waals surface area contributed by atoms with Gasteiger partial charge in [-0.3, -0.25) is 19.7 Å². The molecule has 0 atom stereocenters. The van der Waals surface area contributed by atoms with Crippen LogP contribution in [0.2, 0.25) is 0 Å². The lowest BCUT2D eigenvalue weighted by molar-refractivity contribution is 0.0694. The second-order valence-corrected chi connectivity index (χ2v) is 8.77. The zero-order valence-electron chi connectivity index (χ0n) is 17.7. The van der Waals surface area contributed by atoms with E-state index in [2.05, 4.69) is 22.9 Å². The molecule has 2 saturated heterocycles. The molecule has 1 amide bonds. The van der Waals surface area contributed by atoms with Crippen LogP contribution in [0.4, 0.5) is 0 Å². The van der Waals surface area contributed by atoms with Crippen LogP contribution < -0.4 is 0 Å². The minimum absolute atomic E-state index is 0.178. The topological polar surface area (TPSA) is 49.3 Å². The zero-order valence-corrected chi connectivity index (χ0v) is 17.7. The van der Waals surface area contributed by atoms with Crippen molar-refractivity contribution < 1.29 is 4.79 Å². The summed E-state index contributed by atoms with van der Waals surface area (Å²) in [5.74, 6) is 1.26. The summed E-state index contributed by atoms with van der Waals surface area (Å²) < 4.78 is 0. The molecule has 5 heteroatoms. The molecule has 0 radical (unpaired) electrons. The summed E-state index contributed by atoms with van der Waals surface area (Å²) in [6.45, 7) is 9.05. The molecule has 154 valence electrons. The highest BCUT2D eigenvalue weighted by molar-refractivity contribution is 5.95. The van der Waals surface area contributed by atoms with Crippen LogP contribution in [0, 0.1) is 12.8 Å². The van der Waals surface area contributed by atoms with Gasteiger partial charge in [0.05, 0.1) is 11.3 Å². The van der Waals surface area contributed by atoms with E-state index in [-0.39, 0.29) is 5.91 Å². The summed E-state index contributed by atoms with van der Waals surface area (Å²) in [7, 11) is 0. The quantitative estimate of drug-likeness (QED) is 0.788. The number of aromatic nitrogens is 2. The molecular formula is C24H32N4O. The SMILES string of the molecule is Cc1ccc(C(=O)N2CCC(C)CC2)c(C2CCN(Cc3cccnc3)CC2)n1. The molecule has 0 aliphatic carbocycles. The fourth-order valence-electron chi connectivity index (χ4n) is 4.57. The minimum atomic E-state index is 0.178. The van der Waals surface area contributed by atoms with E-state index in [1.54, 1.807) is 0 Å². The number of likely N-dealkylation sites (tertiary alicyclic amines) is 2. The molecule has 5 nitrogen and oxygen atoms in total. The molecule has 0 aromatic carbocycles. The van der Waals surface area contributed by atoms with Crippen molar-refractivity contribution >= 4 is 5.91 Å². The highest BCUT2D eigenvalue weighted by Crippen LogP contribution is 2.31. The third kappa shape index (κ3) is 4.84. The average molecular weight is 393 g/mol. The average Bonchev–Trinajstić information content (AvgIpc) is 2.75. The summed E-state index contributed by atoms with van der Waals surface area (Å²) in [5, 5.41) is 0. The molecule has 0 spiro atoms. The second-order valence-electron chi connectivity index (χ2n) is 8.77. The first-order chi connectivity index (χ1) is 14.1. The number of carbonyl (C=O) groups excluding carboxylic acids is 1. The molecule has 0 unspecified atom stereocenters. The van der Waals surface area contributed by atoms with Gasteiger partial charge in [0.15, 0.2) is 0 Å². The van der Waals surface area contributed by atoms with Gasteiger partial charge in [0.25, 0.3) is 5.91 Å². The Morgan fingerprint density at radius 2 is 1.83 bits per heavy atom. The summed E-state index contributed by atoms with van der Waals surface area (Å²) >= 11 is 0. The van der Waals surface area contributed by atoms with E-state index >= 15 is 0 Å². The van der Waals surface area contributed by atoms with Gasteiger partial charge in [-0.15, -0.1) is 0 Å². The number of piperidine rings is 2. The minimum Gasteiger partial charge on any atom is -0.339 e. The molecule has 4 heterocycles. The number of hydrogen-bond acceptors (Lipinski definition) is 4. The fraction of sp³-hybridized carbons (Fsp3) is 0.542. The Morgan fingerprint density at radius 3 is 2.52 bits per heavy atom. The number of pyridine rings is 2. The number of hydrogen-bond donors (Lipinski definition) is 0. The summed E-state index contributed by atoms with van der Waals surface area (Å²) in [5.41, 5.74) is 4.11. The smallest absolute Gasteiger partial charge is 0.255 e. The van der Waals surface area contributed by atoms with Crippen molar-refractivity contribution in [2.24, 2.45) is 5.92 Å². The Hall–Kier alpha value is -2.27. The standard InChI is InChI=1S/C24H32N4O/c1-18-7-14-28(15-8-18)24(29)22-6-5-19(2)26-23(22)21-9-12-27(13-10-21)17-20-4-3-11-25-16-20/h3-6,11,16,18,21H,7-10,12-15,17H2,1-2H3. The number of nitrogens with zero attached hydrogens (tertiary/aromatic N) is 4. The van der Waals surface area contributed by atoms with Crippen molar-refractivity contribution in [3.05, 3.63) is 59.2 Å². The maximum Gasteiger partial charge on any atom is 0.255 e. The Bertz CT molecular complexity index is 822. The van der Waals surface area contributed by atoms with Crippen LogP contribution in [-0.2, 0) is 6.54 Å². The van der Waals surface area contributed by atoms with Crippen molar-refractivity contribution in [3.8, 4) is 0 Å². The van der Waals surface area contributed by atoms with Crippen molar-refractivity contribution in [2.75, 3.05) is 26.2 Å². The van der Waals surface area contributed by atoms with Gasteiger partial charge in [-0.1, -0.05) is 13.0 Å². The van der Waals surface area contributed by atoms with Crippen LogP contribution in [0.25, 0.3) is 0 Å². The summed E-state index contributed by atoms with van der Waals surface area (Å²) in [6.07, 6.45) is 8.08. The number of aryl methyl sites for hydroxylation is 1. The van der Waals surface area contributed by atoms with Crippen LogP contribution in [0.5, 0.6) is 0 Å². The van der Waals surface area contributed by atoms with Crippen LogP contribution in [0.1, 0.15) is 65.8 Å². The maximum atomic E-state index is 13.3. The fourth-order valence-corrected chi connectivity index (χ4v) is 4.57. The Labute approximate surface area is 174 Å². The normalized spacial score (nSPS) is 19.4. The lowest BCUT2D eigenvalue weighted by Gasteiger charge is -2.34. The van der Waals surface area contributed by atoms with Gasteiger partial charge >= 0.3 is 0 Å². The van der Waals surface area contributed by atoms with Crippen molar-refractivity contribution in [2.45, 2.75) is 52.0 Å². The Kier molecular flexibility index (Phi) is 6.24. The maximum absolute atomic E-state index is 13.3. The highest BCUT2D eigenvalue weighted by Gasteiger charge is 2.29. The molecule has 2 aliphatic rings. The van der Waals surface area contributed by atoms with E-state index in [0.29, 0.717) is 5.92 Å². The first-order valence-electron chi connectivity index (χ1n) is 11.0. The van der Waals surface area contributed by atoms with Crippen LogP contribution >= 0.6 is 0 Å². The predicted octanol–water partition coefficient (Wildman–Crippen LogP) is 4.04. The third-order valence-electron chi connectivity index (χ3n) is 6.47. The molecule has 0 saturated carbocycles. The molecule has 4 rings (SSSR count). The van der Waals surface area contributed by atoms with Crippen LogP contribution in [0.3, 0.4) is 0 Å². The Balaban J connectivity index is 1.44. The van der Waals surface area contributed by atoms with Gasteiger partial charge in [-0.2, -0.15) is 0 Å². The monoisotopic (exact) mass is 392 g/mol. The summed E-state index contributed by atoms with van der Waals surface area (Å²) in [4.78, 5) is 26.9. The highest BCUT2D eigenvalue weighted by atomic mass is 16.2. The largest absolute Gasteiger partial charge is 0.339 e.